The predicted octanol–water partition coefficient (Wildman–Crippen LogP) is 2.14. The van der Waals surface area contributed by atoms with E-state index in [0.717, 1.165) is 24.6 Å². The zero-order valence-electron chi connectivity index (χ0n) is 14.9. The summed E-state index contributed by atoms with van der Waals surface area (Å²) in [6.07, 6.45) is 1.60. The lowest BCUT2D eigenvalue weighted by Crippen LogP contribution is -2.30. The van der Waals surface area contributed by atoms with Gasteiger partial charge >= 0.3 is 0 Å². The lowest BCUT2D eigenvalue weighted by Gasteiger charge is -2.18. The Balaban J connectivity index is 1.82. The third kappa shape index (κ3) is 5.34. The Hall–Kier alpha value is -2.83. The molecule has 0 saturated heterocycles. The van der Waals surface area contributed by atoms with E-state index < -0.39 is 0 Å². The first kappa shape index (κ1) is 18.5. The fraction of sp³-hybridized carbons (Fsp3) is 0.389. The summed E-state index contributed by atoms with van der Waals surface area (Å²) in [5, 5.41) is 2.80. The molecule has 0 unspecified atom stereocenters. The van der Waals surface area contributed by atoms with E-state index >= 15 is 0 Å². The quantitative estimate of drug-likeness (QED) is 0.703. The topological polar surface area (TPSA) is 76.6 Å². The fourth-order valence-corrected chi connectivity index (χ4v) is 2.23. The second-order valence-corrected chi connectivity index (χ2v) is 5.19. The number of anilines is 1. The number of methoxy groups -OCH3 is 1. The van der Waals surface area contributed by atoms with Crippen LogP contribution in [0.3, 0.4) is 0 Å². The summed E-state index contributed by atoms with van der Waals surface area (Å²) in [7, 11) is 1.62. The van der Waals surface area contributed by atoms with Crippen molar-refractivity contribution >= 4 is 11.9 Å². The molecule has 0 aliphatic carbocycles. The molecular formula is C18H24N4O3. The number of carbonyl (C=O) groups is 1. The molecule has 1 aromatic heterocycles. The number of carbonyl (C=O) groups excluding carboxylic acids is 1. The second-order valence-electron chi connectivity index (χ2n) is 5.19. The highest BCUT2D eigenvalue weighted by molar-refractivity contribution is 5.92. The lowest BCUT2D eigenvalue weighted by molar-refractivity contribution is 0.0942. The maximum absolute atomic E-state index is 12.2. The molecule has 1 heterocycles. The molecule has 1 amide bonds. The van der Waals surface area contributed by atoms with E-state index in [4.69, 9.17) is 9.47 Å². The fourth-order valence-electron chi connectivity index (χ4n) is 2.23. The largest absolute Gasteiger partial charge is 0.497 e. The number of aromatic nitrogens is 2. The molecule has 0 spiro atoms. The van der Waals surface area contributed by atoms with E-state index in [1.54, 1.807) is 19.4 Å². The van der Waals surface area contributed by atoms with Crippen LogP contribution in [-0.4, -0.2) is 49.2 Å². The molecule has 2 rings (SSSR count). The molecule has 2 aromatic rings. The summed E-state index contributed by atoms with van der Waals surface area (Å²) < 4.78 is 10.7. The molecule has 1 N–H and O–H groups in total. The Labute approximate surface area is 148 Å². The van der Waals surface area contributed by atoms with E-state index in [9.17, 15) is 4.79 Å². The molecule has 0 atom stereocenters. The van der Waals surface area contributed by atoms with Crippen LogP contribution in [0.5, 0.6) is 11.5 Å². The summed E-state index contributed by atoms with van der Waals surface area (Å²) in [6, 6.07) is 8.89. The van der Waals surface area contributed by atoms with E-state index in [-0.39, 0.29) is 5.91 Å². The first-order chi connectivity index (χ1) is 12.2. The van der Waals surface area contributed by atoms with Gasteiger partial charge in [-0.15, -0.1) is 0 Å². The maximum atomic E-state index is 12.2. The monoisotopic (exact) mass is 344 g/mol. The molecule has 7 heteroatoms. The van der Waals surface area contributed by atoms with Crippen molar-refractivity contribution < 1.29 is 14.3 Å². The number of benzene rings is 1. The van der Waals surface area contributed by atoms with Gasteiger partial charge in [0.2, 0.25) is 5.95 Å². The van der Waals surface area contributed by atoms with E-state index in [0.29, 0.717) is 24.8 Å². The van der Waals surface area contributed by atoms with Gasteiger partial charge in [0, 0.05) is 19.3 Å². The summed E-state index contributed by atoms with van der Waals surface area (Å²) in [4.78, 5) is 22.7. The van der Waals surface area contributed by atoms with Gasteiger partial charge in [-0.3, -0.25) is 4.79 Å². The number of hydrogen-bond donors (Lipinski definition) is 1. The normalized spacial score (nSPS) is 10.2. The number of amides is 1. The van der Waals surface area contributed by atoms with Crippen LogP contribution in [0.2, 0.25) is 0 Å². The number of rotatable bonds is 9. The minimum atomic E-state index is -0.242. The second kappa shape index (κ2) is 9.46. The number of ether oxygens (including phenoxy) is 2. The molecule has 25 heavy (non-hydrogen) atoms. The first-order valence-electron chi connectivity index (χ1n) is 8.31. The van der Waals surface area contributed by atoms with Crippen LogP contribution in [0.1, 0.15) is 24.3 Å². The molecule has 0 saturated carbocycles. The van der Waals surface area contributed by atoms with Gasteiger partial charge in [-0.25, -0.2) is 9.97 Å². The van der Waals surface area contributed by atoms with Crippen LogP contribution in [-0.2, 0) is 0 Å². The van der Waals surface area contributed by atoms with Crippen LogP contribution >= 0.6 is 0 Å². The van der Waals surface area contributed by atoms with Gasteiger partial charge in [-0.2, -0.15) is 0 Å². The van der Waals surface area contributed by atoms with Gasteiger partial charge in [0.15, 0.2) is 0 Å². The summed E-state index contributed by atoms with van der Waals surface area (Å²) in [5.41, 5.74) is 0.348. The standard InChI is InChI=1S/C18H24N4O3/c1-4-22(5-2)18-20-11-10-16(21-18)17(23)19-12-13-25-15-8-6-14(24-3)7-9-15/h6-11H,4-5,12-13H2,1-3H3,(H,19,23). The molecule has 134 valence electrons. The highest BCUT2D eigenvalue weighted by atomic mass is 16.5. The van der Waals surface area contributed by atoms with Gasteiger partial charge in [0.05, 0.1) is 13.7 Å². The molecule has 0 radical (unpaired) electrons. The van der Waals surface area contributed by atoms with E-state index in [1.165, 1.54) is 0 Å². The van der Waals surface area contributed by atoms with Crippen molar-refractivity contribution in [2.24, 2.45) is 0 Å². The van der Waals surface area contributed by atoms with Crippen LogP contribution in [0.25, 0.3) is 0 Å². The van der Waals surface area contributed by atoms with Crippen molar-refractivity contribution in [2.75, 3.05) is 38.3 Å². The van der Waals surface area contributed by atoms with Crippen LogP contribution in [0, 0.1) is 0 Å². The Morgan fingerprint density at radius 2 is 1.80 bits per heavy atom. The van der Waals surface area contributed by atoms with Crippen LogP contribution < -0.4 is 19.7 Å². The highest BCUT2D eigenvalue weighted by Gasteiger charge is 2.11. The van der Waals surface area contributed by atoms with Crippen molar-refractivity contribution in [3.8, 4) is 11.5 Å². The maximum Gasteiger partial charge on any atom is 0.270 e. The third-order valence-electron chi connectivity index (χ3n) is 3.64. The number of nitrogens with one attached hydrogen (secondary N) is 1. The Bertz CT molecular complexity index is 672. The van der Waals surface area contributed by atoms with Crippen LogP contribution in [0.15, 0.2) is 36.5 Å². The Morgan fingerprint density at radius 3 is 2.44 bits per heavy atom. The molecule has 0 fully saturated rings. The third-order valence-corrected chi connectivity index (χ3v) is 3.64. The average Bonchev–Trinajstić information content (AvgIpc) is 2.67. The predicted molar refractivity (Wildman–Crippen MR) is 96.4 cm³/mol. The van der Waals surface area contributed by atoms with Gasteiger partial charge < -0.3 is 19.7 Å². The molecule has 0 bridgehead atoms. The zero-order chi connectivity index (χ0) is 18.1. The molecule has 7 nitrogen and oxygen atoms in total. The average molecular weight is 344 g/mol. The van der Waals surface area contributed by atoms with Crippen molar-refractivity contribution in [2.45, 2.75) is 13.8 Å². The minimum Gasteiger partial charge on any atom is -0.497 e. The van der Waals surface area contributed by atoms with Crippen molar-refractivity contribution in [1.82, 2.24) is 15.3 Å². The first-order valence-corrected chi connectivity index (χ1v) is 8.31. The van der Waals surface area contributed by atoms with Crippen molar-refractivity contribution in [1.29, 1.82) is 0 Å². The van der Waals surface area contributed by atoms with Crippen LogP contribution in [0.4, 0.5) is 5.95 Å². The van der Waals surface area contributed by atoms with Gasteiger partial charge in [-0.1, -0.05) is 0 Å². The number of nitrogens with zero attached hydrogens (tertiary/aromatic N) is 3. The molecule has 0 aliphatic heterocycles. The summed E-state index contributed by atoms with van der Waals surface area (Å²) in [5.74, 6) is 1.82. The van der Waals surface area contributed by atoms with Gasteiger partial charge in [0.1, 0.15) is 23.8 Å². The SMILES string of the molecule is CCN(CC)c1nccc(C(=O)NCCOc2ccc(OC)cc2)n1. The highest BCUT2D eigenvalue weighted by Crippen LogP contribution is 2.16. The summed E-state index contributed by atoms with van der Waals surface area (Å²) >= 11 is 0. The van der Waals surface area contributed by atoms with Crippen molar-refractivity contribution in [3.63, 3.8) is 0 Å². The minimum absolute atomic E-state index is 0.242. The molecule has 1 aromatic carbocycles. The van der Waals surface area contributed by atoms with Gasteiger partial charge in [0.25, 0.3) is 5.91 Å². The van der Waals surface area contributed by atoms with Crippen molar-refractivity contribution in [3.05, 3.63) is 42.2 Å². The smallest absolute Gasteiger partial charge is 0.270 e. The number of hydrogen-bond acceptors (Lipinski definition) is 6. The lowest BCUT2D eigenvalue weighted by atomic mass is 10.3. The van der Waals surface area contributed by atoms with Gasteiger partial charge in [-0.05, 0) is 44.2 Å². The summed E-state index contributed by atoms with van der Waals surface area (Å²) in [6.45, 7) is 6.38. The zero-order valence-corrected chi connectivity index (χ0v) is 14.9. The Morgan fingerprint density at radius 1 is 1.12 bits per heavy atom. The molecule has 0 aliphatic rings. The van der Waals surface area contributed by atoms with E-state index in [2.05, 4.69) is 15.3 Å². The Kier molecular flexibility index (Phi) is 7.00. The molecular weight excluding hydrogens is 320 g/mol. The van der Waals surface area contributed by atoms with E-state index in [1.807, 2.05) is 43.0 Å².